The Labute approximate surface area is 120 Å². The van der Waals surface area contributed by atoms with Crippen molar-refractivity contribution in [2.75, 3.05) is 11.9 Å². The fraction of sp³-hybridized carbons (Fsp3) is 0.235. The van der Waals surface area contributed by atoms with E-state index in [9.17, 15) is 0 Å². The molecule has 1 unspecified atom stereocenters. The monoisotopic (exact) mass is 265 g/mol. The summed E-state index contributed by atoms with van der Waals surface area (Å²) in [4.78, 5) is 2.10. The van der Waals surface area contributed by atoms with E-state index in [0.717, 1.165) is 23.4 Å². The van der Waals surface area contributed by atoms with Crippen molar-refractivity contribution in [3.8, 4) is 6.07 Å². The second kappa shape index (κ2) is 6.23. The molecule has 2 aromatic rings. The molecule has 0 amide bonds. The van der Waals surface area contributed by atoms with Crippen LogP contribution in [0.4, 0.5) is 11.4 Å². The molecule has 3 heteroatoms. The molecule has 0 bridgehead atoms. The zero-order valence-electron chi connectivity index (χ0n) is 11.9. The molecule has 0 saturated carbocycles. The van der Waals surface area contributed by atoms with Gasteiger partial charge in [-0.3, -0.25) is 0 Å². The molecule has 0 aliphatic heterocycles. The number of para-hydroxylation sites is 1. The fourth-order valence-electron chi connectivity index (χ4n) is 2.23. The summed E-state index contributed by atoms with van der Waals surface area (Å²) >= 11 is 0. The Kier molecular flexibility index (Phi) is 4.39. The van der Waals surface area contributed by atoms with Gasteiger partial charge in [0, 0.05) is 24.5 Å². The molecule has 2 rings (SSSR count). The first kappa shape index (κ1) is 14.1. The summed E-state index contributed by atoms with van der Waals surface area (Å²) in [5, 5.41) is 8.85. The molecular formula is C17H19N3. The molecule has 3 nitrogen and oxygen atoms in total. The largest absolute Gasteiger partial charge is 0.344 e. The zero-order chi connectivity index (χ0) is 14.5. The average Bonchev–Trinajstić information content (AvgIpc) is 2.53. The Hall–Kier alpha value is -2.31. The minimum atomic E-state index is 0.0343. The number of anilines is 2. The van der Waals surface area contributed by atoms with E-state index in [4.69, 9.17) is 11.0 Å². The highest BCUT2D eigenvalue weighted by Gasteiger charge is 2.13. The van der Waals surface area contributed by atoms with Gasteiger partial charge in [-0.2, -0.15) is 5.26 Å². The van der Waals surface area contributed by atoms with Crippen LogP contribution >= 0.6 is 0 Å². The van der Waals surface area contributed by atoms with Gasteiger partial charge in [0.1, 0.15) is 0 Å². The lowest BCUT2D eigenvalue weighted by atomic mass is 10.0. The number of hydrogen-bond acceptors (Lipinski definition) is 3. The first-order valence-electron chi connectivity index (χ1n) is 6.75. The fourth-order valence-corrected chi connectivity index (χ4v) is 2.23. The van der Waals surface area contributed by atoms with Crippen LogP contribution < -0.4 is 10.6 Å². The van der Waals surface area contributed by atoms with E-state index in [2.05, 4.69) is 30.0 Å². The number of rotatable bonds is 4. The van der Waals surface area contributed by atoms with Gasteiger partial charge < -0.3 is 10.6 Å². The number of hydrogen-bond donors (Lipinski definition) is 1. The summed E-state index contributed by atoms with van der Waals surface area (Å²) in [6.07, 6.45) is 0.901. The lowest BCUT2D eigenvalue weighted by molar-refractivity contribution is 0.698. The van der Waals surface area contributed by atoms with E-state index >= 15 is 0 Å². The molecular weight excluding hydrogens is 246 g/mol. The Morgan fingerprint density at radius 2 is 1.80 bits per heavy atom. The third-order valence-electron chi connectivity index (χ3n) is 3.52. The normalized spacial score (nSPS) is 11.7. The van der Waals surface area contributed by atoms with Crippen molar-refractivity contribution in [2.24, 2.45) is 5.73 Å². The molecule has 2 aromatic carbocycles. The Morgan fingerprint density at radius 1 is 1.15 bits per heavy atom. The van der Waals surface area contributed by atoms with Crippen LogP contribution in [-0.4, -0.2) is 7.05 Å². The SMILES string of the molecule is CCC(N)c1ccccc1N(C)c1ccc(C#N)cc1. The van der Waals surface area contributed by atoms with Gasteiger partial charge in [0.15, 0.2) is 0 Å². The molecule has 0 aliphatic rings. The van der Waals surface area contributed by atoms with Crippen molar-refractivity contribution >= 4 is 11.4 Å². The molecule has 2 N–H and O–H groups in total. The summed E-state index contributed by atoms with van der Waals surface area (Å²) in [6, 6.07) is 17.9. The minimum absolute atomic E-state index is 0.0343. The smallest absolute Gasteiger partial charge is 0.0991 e. The average molecular weight is 265 g/mol. The van der Waals surface area contributed by atoms with Crippen LogP contribution in [0.3, 0.4) is 0 Å². The highest BCUT2D eigenvalue weighted by molar-refractivity contribution is 5.66. The van der Waals surface area contributed by atoms with E-state index in [1.54, 1.807) is 0 Å². The Bertz CT molecular complexity index is 611. The molecule has 0 aliphatic carbocycles. The molecule has 1 atom stereocenters. The van der Waals surface area contributed by atoms with Crippen LogP contribution in [0.25, 0.3) is 0 Å². The van der Waals surface area contributed by atoms with Crippen molar-refractivity contribution in [3.05, 3.63) is 59.7 Å². The van der Waals surface area contributed by atoms with E-state index in [1.807, 2.05) is 43.4 Å². The van der Waals surface area contributed by atoms with Gasteiger partial charge in [0.05, 0.1) is 11.6 Å². The number of nitriles is 1. The van der Waals surface area contributed by atoms with Crippen molar-refractivity contribution in [1.29, 1.82) is 5.26 Å². The van der Waals surface area contributed by atoms with Crippen LogP contribution in [0.2, 0.25) is 0 Å². The highest BCUT2D eigenvalue weighted by Crippen LogP contribution is 2.31. The number of nitrogens with zero attached hydrogens (tertiary/aromatic N) is 2. The summed E-state index contributed by atoms with van der Waals surface area (Å²) < 4.78 is 0. The third-order valence-corrected chi connectivity index (χ3v) is 3.52. The summed E-state index contributed by atoms with van der Waals surface area (Å²) in [5.41, 5.74) is 10.1. The van der Waals surface area contributed by atoms with Gasteiger partial charge in [-0.15, -0.1) is 0 Å². The second-order valence-corrected chi connectivity index (χ2v) is 4.79. The molecule has 0 heterocycles. The van der Waals surface area contributed by atoms with Gasteiger partial charge >= 0.3 is 0 Å². The number of nitrogens with two attached hydrogens (primary N) is 1. The van der Waals surface area contributed by atoms with Gasteiger partial charge in [-0.25, -0.2) is 0 Å². The first-order valence-corrected chi connectivity index (χ1v) is 6.75. The van der Waals surface area contributed by atoms with Crippen LogP contribution in [0.5, 0.6) is 0 Å². The molecule has 0 radical (unpaired) electrons. The van der Waals surface area contributed by atoms with E-state index in [-0.39, 0.29) is 6.04 Å². The van der Waals surface area contributed by atoms with Gasteiger partial charge in [-0.05, 0) is 42.3 Å². The van der Waals surface area contributed by atoms with Crippen LogP contribution in [0, 0.1) is 11.3 Å². The summed E-state index contributed by atoms with van der Waals surface area (Å²) in [5.74, 6) is 0. The maximum absolute atomic E-state index is 8.85. The zero-order valence-corrected chi connectivity index (χ0v) is 11.9. The highest BCUT2D eigenvalue weighted by atomic mass is 15.1. The van der Waals surface area contributed by atoms with Crippen molar-refractivity contribution in [2.45, 2.75) is 19.4 Å². The maximum Gasteiger partial charge on any atom is 0.0991 e. The molecule has 102 valence electrons. The first-order chi connectivity index (χ1) is 9.67. The van der Waals surface area contributed by atoms with Crippen molar-refractivity contribution < 1.29 is 0 Å². The molecule has 0 spiro atoms. The minimum Gasteiger partial charge on any atom is -0.344 e. The van der Waals surface area contributed by atoms with E-state index in [0.29, 0.717) is 5.56 Å². The van der Waals surface area contributed by atoms with Gasteiger partial charge in [-0.1, -0.05) is 25.1 Å². The summed E-state index contributed by atoms with van der Waals surface area (Å²) in [7, 11) is 2.02. The van der Waals surface area contributed by atoms with Crippen LogP contribution in [-0.2, 0) is 0 Å². The van der Waals surface area contributed by atoms with Crippen LogP contribution in [0.1, 0.15) is 30.5 Å². The van der Waals surface area contributed by atoms with Gasteiger partial charge in [0.25, 0.3) is 0 Å². The van der Waals surface area contributed by atoms with E-state index in [1.165, 1.54) is 0 Å². The lowest BCUT2D eigenvalue weighted by Gasteiger charge is -2.25. The summed E-state index contributed by atoms with van der Waals surface area (Å²) in [6.45, 7) is 2.09. The Morgan fingerprint density at radius 3 is 2.40 bits per heavy atom. The quantitative estimate of drug-likeness (QED) is 0.916. The second-order valence-electron chi connectivity index (χ2n) is 4.79. The molecule has 0 saturated heterocycles. The third kappa shape index (κ3) is 2.81. The van der Waals surface area contributed by atoms with Crippen molar-refractivity contribution in [1.82, 2.24) is 0 Å². The van der Waals surface area contributed by atoms with Crippen molar-refractivity contribution in [3.63, 3.8) is 0 Å². The maximum atomic E-state index is 8.85. The van der Waals surface area contributed by atoms with Crippen LogP contribution in [0.15, 0.2) is 48.5 Å². The topological polar surface area (TPSA) is 53.0 Å². The van der Waals surface area contributed by atoms with Gasteiger partial charge in [0.2, 0.25) is 0 Å². The van der Waals surface area contributed by atoms with E-state index < -0.39 is 0 Å². The standard InChI is InChI=1S/C17H19N3/c1-3-16(19)15-6-4-5-7-17(15)20(2)14-10-8-13(12-18)9-11-14/h4-11,16H,3,19H2,1-2H3. The lowest BCUT2D eigenvalue weighted by Crippen LogP contribution is -2.16. The molecule has 0 fully saturated rings. The predicted molar refractivity (Wildman–Crippen MR) is 82.9 cm³/mol. The number of benzene rings is 2. The predicted octanol–water partition coefficient (Wildman–Crippen LogP) is 3.74. The molecule has 20 heavy (non-hydrogen) atoms. The Balaban J connectivity index is 2.37. The molecule has 0 aromatic heterocycles.